The standard InChI is InChI=1S/C14H29NO/c1-5-15(6-2)14(3,4)13(16)12-10-8-7-9-11-12/h12-13,16H,5-11H2,1-4H3. The van der Waals surface area contributed by atoms with Crippen molar-refractivity contribution in [1.82, 2.24) is 4.90 Å². The van der Waals surface area contributed by atoms with Crippen LogP contribution in [0.25, 0.3) is 0 Å². The van der Waals surface area contributed by atoms with E-state index in [-0.39, 0.29) is 11.6 Å². The van der Waals surface area contributed by atoms with Gasteiger partial charge in [-0.3, -0.25) is 4.90 Å². The second-order valence-corrected chi connectivity index (χ2v) is 5.67. The SMILES string of the molecule is CCN(CC)C(C)(C)C(O)C1CCCCC1. The number of nitrogens with zero attached hydrogens (tertiary/aromatic N) is 1. The Morgan fingerprint density at radius 1 is 1.12 bits per heavy atom. The number of hydrogen-bond donors (Lipinski definition) is 1. The third-order valence-corrected chi connectivity index (χ3v) is 4.40. The largest absolute Gasteiger partial charge is 0.391 e. The topological polar surface area (TPSA) is 23.5 Å². The van der Waals surface area contributed by atoms with Crippen molar-refractivity contribution in [2.45, 2.75) is 71.4 Å². The van der Waals surface area contributed by atoms with Gasteiger partial charge in [0.25, 0.3) is 0 Å². The van der Waals surface area contributed by atoms with E-state index in [0.717, 1.165) is 13.1 Å². The lowest BCUT2D eigenvalue weighted by molar-refractivity contribution is -0.0469. The van der Waals surface area contributed by atoms with Crippen LogP contribution in [-0.4, -0.2) is 34.7 Å². The van der Waals surface area contributed by atoms with Crippen LogP contribution >= 0.6 is 0 Å². The molecule has 96 valence electrons. The van der Waals surface area contributed by atoms with Crippen LogP contribution in [0.15, 0.2) is 0 Å². The molecule has 0 saturated heterocycles. The van der Waals surface area contributed by atoms with E-state index in [0.29, 0.717) is 5.92 Å². The van der Waals surface area contributed by atoms with Crippen molar-refractivity contribution >= 4 is 0 Å². The second-order valence-electron chi connectivity index (χ2n) is 5.67. The van der Waals surface area contributed by atoms with E-state index in [1.54, 1.807) is 0 Å². The van der Waals surface area contributed by atoms with Gasteiger partial charge in [-0.1, -0.05) is 33.1 Å². The predicted molar refractivity (Wildman–Crippen MR) is 69.6 cm³/mol. The van der Waals surface area contributed by atoms with Crippen molar-refractivity contribution in [3.63, 3.8) is 0 Å². The molecule has 1 aliphatic rings. The molecule has 1 saturated carbocycles. The van der Waals surface area contributed by atoms with Crippen LogP contribution in [0.2, 0.25) is 0 Å². The summed E-state index contributed by atoms with van der Waals surface area (Å²) in [5.74, 6) is 0.518. The maximum atomic E-state index is 10.6. The summed E-state index contributed by atoms with van der Waals surface area (Å²) in [5.41, 5.74) is -0.0779. The normalized spacial score (nSPS) is 21.4. The Morgan fingerprint density at radius 3 is 2.06 bits per heavy atom. The van der Waals surface area contributed by atoms with Gasteiger partial charge < -0.3 is 5.11 Å². The molecule has 2 heteroatoms. The fourth-order valence-electron chi connectivity index (χ4n) is 3.25. The molecule has 0 aliphatic heterocycles. The monoisotopic (exact) mass is 227 g/mol. The second kappa shape index (κ2) is 6.02. The van der Waals surface area contributed by atoms with Gasteiger partial charge in [0, 0.05) is 5.54 Å². The first-order chi connectivity index (χ1) is 7.54. The Kier molecular flexibility index (Phi) is 5.26. The molecule has 1 rings (SSSR count). The van der Waals surface area contributed by atoms with Crippen LogP contribution in [0.3, 0.4) is 0 Å². The minimum absolute atomic E-state index is 0.0779. The fourth-order valence-corrected chi connectivity index (χ4v) is 3.25. The first-order valence-electron chi connectivity index (χ1n) is 6.97. The molecular weight excluding hydrogens is 198 g/mol. The number of hydrogen-bond acceptors (Lipinski definition) is 2. The highest BCUT2D eigenvalue weighted by Crippen LogP contribution is 2.33. The van der Waals surface area contributed by atoms with Gasteiger partial charge in [-0.25, -0.2) is 0 Å². The van der Waals surface area contributed by atoms with Crippen LogP contribution in [0.5, 0.6) is 0 Å². The minimum Gasteiger partial charge on any atom is -0.391 e. The lowest BCUT2D eigenvalue weighted by Crippen LogP contribution is -2.55. The summed E-state index contributed by atoms with van der Waals surface area (Å²) in [6.45, 7) is 10.8. The van der Waals surface area contributed by atoms with Gasteiger partial charge in [-0.05, 0) is 45.7 Å². The van der Waals surface area contributed by atoms with Crippen LogP contribution in [0.1, 0.15) is 59.8 Å². The minimum atomic E-state index is -0.173. The Morgan fingerprint density at radius 2 is 1.62 bits per heavy atom. The lowest BCUT2D eigenvalue weighted by Gasteiger charge is -2.44. The van der Waals surface area contributed by atoms with Gasteiger partial charge in [0.2, 0.25) is 0 Å². The molecule has 1 N–H and O–H groups in total. The average Bonchev–Trinajstić information content (AvgIpc) is 2.30. The highest BCUT2D eigenvalue weighted by atomic mass is 16.3. The quantitative estimate of drug-likeness (QED) is 0.780. The van der Waals surface area contributed by atoms with Gasteiger partial charge in [-0.2, -0.15) is 0 Å². The van der Waals surface area contributed by atoms with Crippen molar-refractivity contribution in [3.05, 3.63) is 0 Å². The van der Waals surface area contributed by atoms with Gasteiger partial charge in [0.1, 0.15) is 0 Å². The highest BCUT2D eigenvalue weighted by molar-refractivity contribution is 4.92. The van der Waals surface area contributed by atoms with Crippen LogP contribution in [0, 0.1) is 5.92 Å². The molecule has 0 aromatic rings. The molecule has 2 nitrogen and oxygen atoms in total. The van der Waals surface area contributed by atoms with Gasteiger partial charge in [0.15, 0.2) is 0 Å². The first kappa shape index (κ1) is 14.0. The van der Waals surface area contributed by atoms with E-state index >= 15 is 0 Å². The Balaban J connectivity index is 2.64. The highest BCUT2D eigenvalue weighted by Gasteiger charge is 2.37. The van der Waals surface area contributed by atoms with Crippen molar-refractivity contribution in [2.75, 3.05) is 13.1 Å². The maximum absolute atomic E-state index is 10.6. The molecule has 16 heavy (non-hydrogen) atoms. The predicted octanol–water partition coefficient (Wildman–Crippen LogP) is 3.05. The smallest absolute Gasteiger partial charge is 0.0746 e. The van der Waals surface area contributed by atoms with Gasteiger partial charge in [0.05, 0.1) is 6.10 Å². The van der Waals surface area contributed by atoms with Crippen molar-refractivity contribution < 1.29 is 5.11 Å². The Bertz CT molecular complexity index is 193. The summed E-state index contributed by atoms with van der Waals surface area (Å²) in [5, 5.41) is 10.6. The van der Waals surface area contributed by atoms with E-state index in [2.05, 4.69) is 32.6 Å². The van der Waals surface area contributed by atoms with E-state index in [1.807, 2.05) is 0 Å². The van der Waals surface area contributed by atoms with E-state index in [9.17, 15) is 5.11 Å². The first-order valence-corrected chi connectivity index (χ1v) is 6.97. The van der Waals surface area contributed by atoms with Crippen LogP contribution in [0.4, 0.5) is 0 Å². The summed E-state index contributed by atoms with van der Waals surface area (Å²) >= 11 is 0. The van der Waals surface area contributed by atoms with Gasteiger partial charge in [-0.15, -0.1) is 0 Å². The fraction of sp³-hybridized carbons (Fsp3) is 1.00. The Labute approximate surface area is 101 Å². The summed E-state index contributed by atoms with van der Waals surface area (Å²) < 4.78 is 0. The third kappa shape index (κ3) is 2.98. The molecule has 0 spiro atoms. The molecule has 0 radical (unpaired) electrons. The van der Waals surface area contributed by atoms with E-state index in [1.165, 1.54) is 32.1 Å². The van der Waals surface area contributed by atoms with E-state index in [4.69, 9.17) is 0 Å². The summed E-state index contributed by atoms with van der Waals surface area (Å²) in [6, 6.07) is 0. The van der Waals surface area contributed by atoms with Crippen LogP contribution in [-0.2, 0) is 0 Å². The van der Waals surface area contributed by atoms with Gasteiger partial charge >= 0.3 is 0 Å². The number of rotatable bonds is 5. The van der Waals surface area contributed by atoms with Crippen LogP contribution < -0.4 is 0 Å². The molecular formula is C14H29NO. The maximum Gasteiger partial charge on any atom is 0.0746 e. The molecule has 1 aliphatic carbocycles. The summed E-state index contributed by atoms with van der Waals surface area (Å²) in [6.07, 6.45) is 6.21. The number of likely N-dealkylation sites (N-methyl/N-ethyl adjacent to an activating group) is 1. The molecule has 1 fully saturated rings. The lowest BCUT2D eigenvalue weighted by atomic mass is 9.77. The molecule has 0 aromatic carbocycles. The molecule has 1 atom stereocenters. The average molecular weight is 227 g/mol. The zero-order valence-electron chi connectivity index (χ0n) is 11.5. The van der Waals surface area contributed by atoms with Crippen molar-refractivity contribution in [1.29, 1.82) is 0 Å². The summed E-state index contributed by atoms with van der Waals surface area (Å²) in [4.78, 5) is 2.38. The zero-order chi connectivity index (χ0) is 12.2. The molecule has 0 amide bonds. The number of aliphatic hydroxyl groups is 1. The van der Waals surface area contributed by atoms with E-state index < -0.39 is 0 Å². The molecule has 0 bridgehead atoms. The zero-order valence-corrected chi connectivity index (χ0v) is 11.5. The Hall–Kier alpha value is -0.0800. The molecule has 0 heterocycles. The third-order valence-electron chi connectivity index (χ3n) is 4.40. The molecule has 1 unspecified atom stereocenters. The molecule has 0 aromatic heterocycles. The number of aliphatic hydroxyl groups excluding tert-OH is 1. The van der Waals surface area contributed by atoms with Crippen molar-refractivity contribution in [3.8, 4) is 0 Å². The van der Waals surface area contributed by atoms with Crippen molar-refractivity contribution in [2.24, 2.45) is 5.92 Å². The summed E-state index contributed by atoms with van der Waals surface area (Å²) in [7, 11) is 0.